The Balaban J connectivity index is 2.50. The number of anilines is 2. The van der Waals surface area contributed by atoms with Gasteiger partial charge in [0.05, 0.1) is 0 Å². The summed E-state index contributed by atoms with van der Waals surface area (Å²) in [5.74, 6) is -1.21. The smallest absolute Gasteiger partial charge is 0.303 e. The molecule has 5 nitrogen and oxygen atoms in total. The van der Waals surface area contributed by atoms with Crippen LogP contribution in [0.1, 0.15) is 19.8 Å². The maximum absolute atomic E-state index is 11.7. The summed E-state index contributed by atoms with van der Waals surface area (Å²) in [6.07, 6.45) is 0.217. The molecule has 0 spiro atoms. The number of aliphatic carboxylic acids is 1. The lowest BCUT2D eigenvalue weighted by molar-refractivity contribution is -0.138. The number of benzene rings is 1. The molecule has 0 aliphatic heterocycles. The number of nitrogens with zero attached hydrogens (tertiary/aromatic N) is 1. The molecule has 1 unspecified atom stereocenters. The van der Waals surface area contributed by atoms with Crippen molar-refractivity contribution < 1.29 is 14.7 Å². The molecule has 1 aromatic carbocycles. The Morgan fingerprint density at radius 1 is 1.21 bits per heavy atom. The average Bonchev–Trinajstić information content (AvgIpc) is 2.27. The molecule has 19 heavy (non-hydrogen) atoms. The van der Waals surface area contributed by atoms with Crippen LogP contribution >= 0.6 is 0 Å². The molecule has 0 saturated carbocycles. The van der Waals surface area contributed by atoms with Gasteiger partial charge < -0.3 is 15.3 Å². The fraction of sp³-hybridized carbons (Fsp3) is 0.429. The van der Waals surface area contributed by atoms with E-state index in [-0.39, 0.29) is 24.7 Å². The van der Waals surface area contributed by atoms with Crippen LogP contribution in [0.2, 0.25) is 0 Å². The summed E-state index contributed by atoms with van der Waals surface area (Å²) in [6, 6.07) is 7.48. The summed E-state index contributed by atoms with van der Waals surface area (Å²) in [7, 11) is 3.89. The van der Waals surface area contributed by atoms with Crippen molar-refractivity contribution in [2.45, 2.75) is 19.8 Å². The van der Waals surface area contributed by atoms with Crippen molar-refractivity contribution in [1.29, 1.82) is 0 Å². The van der Waals surface area contributed by atoms with Crippen molar-refractivity contribution in [3.8, 4) is 0 Å². The minimum Gasteiger partial charge on any atom is -0.481 e. The molecule has 0 aliphatic rings. The zero-order valence-corrected chi connectivity index (χ0v) is 11.5. The lowest BCUT2D eigenvalue weighted by Crippen LogP contribution is -2.17. The number of carboxylic acid groups (broad SMARTS) is 1. The van der Waals surface area contributed by atoms with Crippen molar-refractivity contribution in [3.05, 3.63) is 24.3 Å². The third kappa shape index (κ3) is 5.42. The zero-order valence-electron chi connectivity index (χ0n) is 11.5. The molecule has 1 atom stereocenters. The second kappa shape index (κ2) is 6.78. The molecule has 2 N–H and O–H groups in total. The highest BCUT2D eigenvalue weighted by molar-refractivity contribution is 5.91. The van der Waals surface area contributed by atoms with E-state index in [1.165, 1.54) is 0 Å². The van der Waals surface area contributed by atoms with E-state index in [9.17, 15) is 9.59 Å². The Kier molecular flexibility index (Phi) is 5.36. The van der Waals surface area contributed by atoms with Crippen molar-refractivity contribution in [2.75, 3.05) is 24.3 Å². The quantitative estimate of drug-likeness (QED) is 0.826. The van der Waals surface area contributed by atoms with E-state index in [1.54, 1.807) is 6.92 Å². The van der Waals surface area contributed by atoms with Gasteiger partial charge in [0.25, 0.3) is 0 Å². The van der Waals surface area contributed by atoms with Gasteiger partial charge in [0.2, 0.25) is 5.91 Å². The SMILES string of the molecule is CC(CC(=O)O)CC(=O)Nc1ccc(N(C)C)cc1. The molecule has 0 aromatic heterocycles. The predicted molar refractivity (Wildman–Crippen MR) is 75.4 cm³/mol. The molecule has 0 bridgehead atoms. The van der Waals surface area contributed by atoms with Gasteiger partial charge >= 0.3 is 5.97 Å². The van der Waals surface area contributed by atoms with E-state index >= 15 is 0 Å². The van der Waals surface area contributed by atoms with Gasteiger partial charge in [-0.15, -0.1) is 0 Å². The van der Waals surface area contributed by atoms with Crippen LogP contribution in [0.15, 0.2) is 24.3 Å². The van der Waals surface area contributed by atoms with Crippen LogP contribution < -0.4 is 10.2 Å². The van der Waals surface area contributed by atoms with E-state index in [1.807, 2.05) is 43.3 Å². The lowest BCUT2D eigenvalue weighted by atomic mass is 10.0. The van der Waals surface area contributed by atoms with Crippen molar-refractivity contribution in [3.63, 3.8) is 0 Å². The first kappa shape index (κ1) is 15.0. The van der Waals surface area contributed by atoms with E-state index in [0.29, 0.717) is 0 Å². The van der Waals surface area contributed by atoms with E-state index in [0.717, 1.165) is 11.4 Å². The maximum atomic E-state index is 11.7. The van der Waals surface area contributed by atoms with E-state index < -0.39 is 5.97 Å². The molecule has 5 heteroatoms. The molecule has 0 fully saturated rings. The van der Waals surface area contributed by atoms with Crippen LogP contribution in [0.25, 0.3) is 0 Å². The topological polar surface area (TPSA) is 69.6 Å². The van der Waals surface area contributed by atoms with Crippen LogP contribution in [-0.4, -0.2) is 31.1 Å². The number of carbonyl (C=O) groups excluding carboxylic acids is 1. The zero-order chi connectivity index (χ0) is 14.4. The normalized spacial score (nSPS) is 11.7. The predicted octanol–water partition coefficient (Wildman–Crippen LogP) is 2.19. The molecule has 0 heterocycles. The summed E-state index contributed by atoms with van der Waals surface area (Å²) in [5.41, 5.74) is 1.77. The minimum absolute atomic E-state index is 0.00693. The Morgan fingerprint density at radius 3 is 2.26 bits per heavy atom. The lowest BCUT2D eigenvalue weighted by Gasteiger charge is -2.13. The average molecular weight is 264 g/mol. The van der Waals surface area contributed by atoms with Gasteiger partial charge in [-0.2, -0.15) is 0 Å². The molecule has 1 amide bonds. The monoisotopic (exact) mass is 264 g/mol. The fourth-order valence-corrected chi connectivity index (χ4v) is 1.74. The largest absolute Gasteiger partial charge is 0.481 e. The third-order valence-corrected chi connectivity index (χ3v) is 2.72. The number of hydrogen-bond donors (Lipinski definition) is 2. The number of carbonyl (C=O) groups is 2. The van der Waals surface area contributed by atoms with Gasteiger partial charge in [-0.1, -0.05) is 6.92 Å². The summed E-state index contributed by atoms with van der Waals surface area (Å²) in [5, 5.41) is 11.4. The first-order chi connectivity index (χ1) is 8.88. The molecule has 0 saturated heterocycles. The van der Waals surface area contributed by atoms with Crippen LogP contribution in [0, 0.1) is 5.92 Å². The van der Waals surface area contributed by atoms with E-state index in [2.05, 4.69) is 5.32 Å². The minimum atomic E-state index is -0.879. The van der Waals surface area contributed by atoms with Gasteiger partial charge in [-0.3, -0.25) is 9.59 Å². The van der Waals surface area contributed by atoms with Crippen molar-refractivity contribution in [2.24, 2.45) is 5.92 Å². The number of nitrogens with one attached hydrogen (secondary N) is 1. The third-order valence-electron chi connectivity index (χ3n) is 2.72. The molecule has 104 valence electrons. The van der Waals surface area contributed by atoms with Crippen LogP contribution in [0.3, 0.4) is 0 Å². The Morgan fingerprint density at radius 2 is 1.79 bits per heavy atom. The number of hydrogen-bond acceptors (Lipinski definition) is 3. The van der Waals surface area contributed by atoms with Gasteiger partial charge in [0.15, 0.2) is 0 Å². The number of rotatable bonds is 6. The highest BCUT2D eigenvalue weighted by Gasteiger charge is 2.12. The Bertz CT molecular complexity index is 441. The van der Waals surface area contributed by atoms with Crippen LogP contribution in [0.5, 0.6) is 0 Å². The fourth-order valence-electron chi connectivity index (χ4n) is 1.74. The molecule has 1 aromatic rings. The molecular weight excluding hydrogens is 244 g/mol. The summed E-state index contributed by atoms with van der Waals surface area (Å²) >= 11 is 0. The van der Waals surface area contributed by atoms with Gasteiger partial charge in [-0.25, -0.2) is 0 Å². The number of amides is 1. The Hall–Kier alpha value is -2.04. The molecule has 0 radical (unpaired) electrons. The standard InChI is InChI=1S/C14H20N2O3/c1-10(9-14(18)19)8-13(17)15-11-4-6-12(7-5-11)16(2)3/h4-7,10H,8-9H2,1-3H3,(H,15,17)(H,18,19). The Labute approximate surface area is 113 Å². The number of carboxylic acids is 1. The second-order valence-corrected chi connectivity index (χ2v) is 4.90. The highest BCUT2D eigenvalue weighted by Crippen LogP contribution is 2.16. The van der Waals surface area contributed by atoms with Crippen LogP contribution in [0.4, 0.5) is 11.4 Å². The maximum Gasteiger partial charge on any atom is 0.303 e. The van der Waals surface area contributed by atoms with E-state index in [4.69, 9.17) is 5.11 Å². The molecule has 0 aliphatic carbocycles. The first-order valence-electron chi connectivity index (χ1n) is 6.17. The van der Waals surface area contributed by atoms with Gasteiger partial charge in [0, 0.05) is 38.3 Å². The summed E-state index contributed by atoms with van der Waals surface area (Å²) in [6.45, 7) is 1.75. The van der Waals surface area contributed by atoms with Crippen molar-refractivity contribution >= 4 is 23.3 Å². The second-order valence-electron chi connectivity index (χ2n) is 4.90. The van der Waals surface area contributed by atoms with Crippen LogP contribution in [-0.2, 0) is 9.59 Å². The van der Waals surface area contributed by atoms with Gasteiger partial charge in [-0.05, 0) is 30.2 Å². The van der Waals surface area contributed by atoms with Crippen molar-refractivity contribution in [1.82, 2.24) is 0 Å². The summed E-state index contributed by atoms with van der Waals surface area (Å²) in [4.78, 5) is 24.2. The molecular formula is C14H20N2O3. The summed E-state index contributed by atoms with van der Waals surface area (Å²) < 4.78 is 0. The highest BCUT2D eigenvalue weighted by atomic mass is 16.4. The van der Waals surface area contributed by atoms with Gasteiger partial charge in [0.1, 0.15) is 0 Å². The first-order valence-corrected chi connectivity index (χ1v) is 6.17. The molecule has 1 rings (SSSR count).